The van der Waals surface area contributed by atoms with Crippen molar-refractivity contribution in [1.29, 1.82) is 0 Å². The predicted molar refractivity (Wildman–Crippen MR) is 65.1 cm³/mol. The highest BCUT2D eigenvalue weighted by Crippen LogP contribution is 2.32. The Morgan fingerprint density at radius 1 is 1.35 bits per heavy atom. The first kappa shape index (κ1) is 14.5. The highest BCUT2D eigenvalue weighted by Gasteiger charge is 2.22. The standard InChI is InChI=1S/C12H8F3NO3S/c1-19-4-8-10(12(17)18)20-11(16-8)9-6(14)2-5(13)3-7(9)15/h2-3H,4H2,1H3,(H,17,18). The second-order valence-corrected chi connectivity index (χ2v) is 4.78. The fourth-order valence-electron chi connectivity index (χ4n) is 1.61. The molecule has 8 heteroatoms. The van der Waals surface area contributed by atoms with E-state index in [0.29, 0.717) is 23.5 Å². The lowest BCUT2D eigenvalue weighted by molar-refractivity contribution is 0.0697. The molecular formula is C12H8F3NO3S. The van der Waals surface area contributed by atoms with Crippen LogP contribution >= 0.6 is 11.3 Å². The number of carboxylic acids is 1. The zero-order valence-electron chi connectivity index (χ0n) is 10.1. The molecule has 1 N–H and O–H groups in total. The van der Waals surface area contributed by atoms with Gasteiger partial charge >= 0.3 is 5.97 Å². The summed E-state index contributed by atoms with van der Waals surface area (Å²) in [5.74, 6) is -4.62. The monoisotopic (exact) mass is 303 g/mol. The molecule has 0 spiro atoms. The molecule has 4 nitrogen and oxygen atoms in total. The number of methoxy groups -OCH3 is 1. The molecule has 106 valence electrons. The Kier molecular flexibility index (Phi) is 4.05. The lowest BCUT2D eigenvalue weighted by Crippen LogP contribution is -1.99. The zero-order chi connectivity index (χ0) is 14.9. The normalized spacial score (nSPS) is 10.8. The fraction of sp³-hybridized carbons (Fsp3) is 0.167. The van der Waals surface area contributed by atoms with Crippen molar-refractivity contribution in [1.82, 2.24) is 4.98 Å². The number of aromatic carboxylic acids is 1. The first-order chi connectivity index (χ1) is 9.43. The van der Waals surface area contributed by atoms with Crippen molar-refractivity contribution in [2.24, 2.45) is 0 Å². The lowest BCUT2D eigenvalue weighted by atomic mass is 10.2. The molecule has 1 heterocycles. The number of hydrogen-bond acceptors (Lipinski definition) is 4. The van der Waals surface area contributed by atoms with Gasteiger partial charge in [0.05, 0.1) is 17.9 Å². The van der Waals surface area contributed by atoms with Crippen LogP contribution in [0.2, 0.25) is 0 Å². The Balaban J connectivity index is 2.59. The van der Waals surface area contributed by atoms with E-state index in [-0.39, 0.29) is 22.2 Å². The van der Waals surface area contributed by atoms with Crippen molar-refractivity contribution in [3.63, 3.8) is 0 Å². The van der Waals surface area contributed by atoms with Crippen LogP contribution < -0.4 is 0 Å². The quantitative estimate of drug-likeness (QED) is 0.943. The van der Waals surface area contributed by atoms with Crippen molar-refractivity contribution >= 4 is 17.3 Å². The lowest BCUT2D eigenvalue weighted by Gasteiger charge is -2.01. The van der Waals surface area contributed by atoms with E-state index in [1.54, 1.807) is 0 Å². The minimum absolute atomic E-state index is 0.0584. The van der Waals surface area contributed by atoms with Crippen LogP contribution in [0.3, 0.4) is 0 Å². The molecule has 0 amide bonds. The Morgan fingerprint density at radius 3 is 2.45 bits per heavy atom. The van der Waals surface area contributed by atoms with E-state index in [1.807, 2.05) is 0 Å². The van der Waals surface area contributed by atoms with E-state index in [0.717, 1.165) is 0 Å². The summed E-state index contributed by atoms with van der Waals surface area (Å²) in [6, 6.07) is 1.02. The van der Waals surface area contributed by atoms with Gasteiger partial charge in [0.2, 0.25) is 0 Å². The molecule has 0 saturated heterocycles. The predicted octanol–water partition coefficient (Wildman–Crippen LogP) is 3.07. The van der Waals surface area contributed by atoms with E-state index in [4.69, 9.17) is 9.84 Å². The number of carbonyl (C=O) groups is 1. The van der Waals surface area contributed by atoms with Gasteiger partial charge in [0.25, 0.3) is 0 Å². The molecule has 1 aromatic carbocycles. The minimum atomic E-state index is -1.27. The van der Waals surface area contributed by atoms with Gasteiger partial charge in [-0.1, -0.05) is 0 Å². The molecule has 20 heavy (non-hydrogen) atoms. The number of thiazole rings is 1. The van der Waals surface area contributed by atoms with Gasteiger partial charge in [-0.25, -0.2) is 22.9 Å². The average Bonchev–Trinajstić information content (AvgIpc) is 2.72. The summed E-state index contributed by atoms with van der Waals surface area (Å²) in [6.45, 7) is -0.109. The molecule has 0 unspecified atom stereocenters. The van der Waals surface area contributed by atoms with Crippen LogP contribution in [0.1, 0.15) is 15.4 Å². The van der Waals surface area contributed by atoms with Crippen LogP contribution in [-0.2, 0) is 11.3 Å². The molecular weight excluding hydrogens is 295 g/mol. The Labute approximate surface area is 115 Å². The molecule has 0 radical (unpaired) electrons. The topological polar surface area (TPSA) is 59.4 Å². The summed E-state index contributed by atoms with van der Waals surface area (Å²) in [5.41, 5.74) is -0.496. The second-order valence-electron chi connectivity index (χ2n) is 3.78. The number of rotatable bonds is 4. The van der Waals surface area contributed by atoms with Crippen LogP contribution in [0.4, 0.5) is 13.2 Å². The van der Waals surface area contributed by atoms with Gasteiger partial charge in [-0.2, -0.15) is 0 Å². The summed E-state index contributed by atoms with van der Waals surface area (Å²) in [6.07, 6.45) is 0. The first-order valence-electron chi connectivity index (χ1n) is 5.31. The second kappa shape index (κ2) is 5.59. The summed E-state index contributed by atoms with van der Waals surface area (Å²) >= 11 is 0.602. The molecule has 2 rings (SSSR count). The van der Waals surface area contributed by atoms with Crippen molar-refractivity contribution in [3.8, 4) is 10.6 Å². The van der Waals surface area contributed by atoms with E-state index in [1.165, 1.54) is 7.11 Å². The van der Waals surface area contributed by atoms with Crippen LogP contribution in [0.25, 0.3) is 10.6 Å². The van der Waals surface area contributed by atoms with Gasteiger partial charge < -0.3 is 9.84 Å². The maximum Gasteiger partial charge on any atom is 0.347 e. The zero-order valence-corrected chi connectivity index (χ0v) is 10.9. The maximum absolute atomic E-state index is 13.6. The van der Waals surface area contributed by atoms with Crippen LogP contribution in [0, 0.1) is 17.5 Å². The fourth-order valence-corrected chi connectivity index (χ4v) is 2.56. The Morgan fingerprint density at radius 2 is 1.95 bits per heavy atom. The third kappa shape index (κ3) is 2.66. The maximum atomic E-state index is 13.6. The molecule has 1 aromatic heterocycles. The third-order valence-electron chi connectivity index (χ3n) is 2.39. The Bertz CT molecular complexity index is 649. The third-order valence-corrected chi connectivity index (χ3v) is 3.50. The van der Waals surface area contributed by atoms with Gasteiger partial charge in [0, 0.05) is 19.2 Å². The Hall–Kier alpha value is -1.93. The number of hydrogen-bond donors (Lipinski definition) is 1. The largest absolute Gasteiger partial charge is 0.477 e. The average molecular weight is 303 g/mol. The van der Waals surface area contributed by atoms with Crippen LogP contribution in [-0.4, -0.2) is 23.2 Å². The molecule has 0 fully saturated rings. The number of halogens is 3. The number of benzene rings is 1. The van der Waals surface area contributed by atoms with E-state index in [9.17, 15) is 18.0 Å². The van der Waals surface area contributed by atoms with E-state index < -0.39 is 29.0 Å². The van der Waals surface area contributed by atoms with Gasteiger partial charge in [0.15, 0.2) is 0 Å². The number of ether oxygens (including phenoxy) is 1. The first-order valence-corrected chi connectivity index (χ1v) is 6.12. The van der Waals surface area contributed by atoms with Gasteiger partial charge in [0.1, 0.15) is 27.3 Å². The highest BCUT2D eigenvalue weighted by molar-refractivity contribution is 7.17. The summed E-state index contributed by atoms with van der Waals surface area (Å²) in [5, 5.41) is 8.83. The summed E-state index contributed by atoms with van der Waals surface area (Å²) in [7, 11) is 1.34. The van der Waals surface area contributed by atoms with Crippen LogP contribution in [0.15, 0.2) is 12.1 Å². The van der Waals surface area contributed by atoms with Crippen molar-refractivity contribution < 1.29 is 27.8 Å². The highest BCUT2D eigenvalue weighted by atomic mass is 32.1. The SMILES string of the molecule is COCc1nc(-c2c(F)cc(F)cc2F)sc1C(=O)O. The van der Waals surface area contributed by atoms with Gasteiger partial charge in [-0.15, -0.1) is 11.3 Å². The van der Waals surface area contributed by atoms with Crippen molar-refractivity contribution in [2.45, 2.75) is 6.61 Å². The van der Waals surface area contributed by atoms with Crippen molar-refractivity contribution in [3.05, 3.63) is 40.2 Å². The molecule has 0 saturated carbocycles. The smallest absolute Gasteiger partial charge is 0.347 e. The van der Waals surface area contributed by atoms with Crippen molar-refractivity contribution in [2.75, 3.05) is 7.11 Å². The molecule has 0 aliphatic rings. The minimum Gasteiger partial charge on any atom is -0.477 e. The number of nitrogens with zero attached hydrogens (tertiary/aromatic N) is 1. The van der Waals surface area contributed by atoms with Gasteiger partial charge in [-0.05, 0) is 0 Å². The molecule has 0 aliphatic heterocycles. The molecule has 0 atom stereocenters. The van der Waals surface area contributed by atoms with Crippen LogP contribution in [0.5, 0.6) is 0 Å². The number of carboxylic acid groups (broad SMARTS) is 1. The summed E-state index contributed by atoms with van der Waals surface area (Å²) < 4.78 is 44.9. The molecule has 0 aliphatic carbocycles. The van der Waals surface area contributed by atoms with Gasteiger partial charge in [-0.3, -0.25) is 0 Å². The summed E-state index contributed by atoms with van der Waals surface area (Å²) in [4.78, 5) is 14.7. The van der Waals surface area contributed by atoms with E-state index in [2.05, 4.69) is 4.98 Å². The number of aromatic nitrogens is 1. The molecule has 2 aromatic rings. The van der Waals surface area contributed by atoms with E-state index >= 15 is 0 Å². The molecule has 0 bridgehead atoms.